The highest BCUT2D eigenvalue weighted by Crippen LogP contribution is 2.00. The van der Waals surface area contributed by atoms with Gasteiger partial charge in [-0.25, -0.2) is 0 Å². The van der Waals surface area contributed by atoms with E-state index < -0.39 is 12.0 Å². The fourth-order valence-corrected chi connectivity index (χ4v) is 1.68. The number of nitrogens with two attached hydrogens (primary N) is 1. The zero-order valence-corrected chi connectivity index (χ0v) is 13.5. The van der Waals surface area contributed by atoms with E-state index in [0.29, 0.717) is 18.9 Å². The lowest BCUT2D eigenvalue weighted by Crippen LogP contribution is -2.34. The molecule has 0 unspecified atom stereocenters. The second-order valence-corrected chi connectivity index (χ2v) is 5.27. The molecule has 8 heteroatoms. The van der Waals surface area contributed by atoms with Gasteiger partial charge in [0, 0.05) is 25.6 Å². The first-order chi connectivity index (χ1) is 8.97. The number of rotatable bonds is 9. The third kappa shape index (κ3) is 12.3. The number of hydrogen-bond donors (Lipinski definition) is 2. The highest BCUT2D eigenvalue weighted by molar-refractivity contribution is 8.13. The largest absolute Gasteiger partial charge is 0.465 e. The van der Waals surface area contributed by atoms with Gasteiger partial charge in [-0.3, -0.25) is 14.4 Å². The van der Waals surface area contributed by atoms with Crippen molar-refractivity contribution in [3.05, 3.63) is 0 Å². The summed E-state index contributed by atoms with van der Waals surface area (Å²) in [4.78, 5) is 33.4. The highest BCUT2D eigenvalue weighted by Gasteiger charge is 2.16. The molecule has 0 fully saturated rings. The summed E-state index contributed by atoms with van der Waals surface area (Å²) < 4.78 is 4.87. The number of esters is 1. The molecular weight excluding hydrogens is 304 g/mol. The Balaban J connectivity index is 0. The summed E-state index contributed by atoms with van der Waals surface area (Å²) in [7, 11) is 0. The Bertz CT molecular complexity index is 316. The van der Waals surface area contributed by atoms with Gasteiger partial charge in [0.2, 0.25) is 5.91 Å². The fraction of sp³-hybridized carbons (Fsp3) is 0.750. The van der Waals surface area contributed by atoms with Crippen molar-refractivity contribution in [2.24, 2.45) is 5.73 Å². The van der Waals surface area contributed by atoms with Gasteiger partial charge < -0.3 is 15.8 Å². The summed E-state index contributed by atoms with van der Waals surface area (Å²) in [5.41, 5.74) is 5.60. The standard InChI is InChI=1S/C12H22N2O4S.ClH/c1-3-7-18-12(17)10(13)4-5-11(16)14-6-8-19-9(2)15;/h10H,3-8,13H2,1-2H3,(H,14,16);1H/t10-;/m0./s1. The van der Waals surface area contributed by atoms with Crippen LogP contribution in [-0.4, -0.2) is 41.9 Å². The van der Waals surface area contributed by atoms with Gasteiger partial charge in [0.25, 0.3) is 0 Å². The van der Waals surface area contributed by atoms with E-state index in [4.69, 9.17) is 10.5 Å². The van der Waals surface area contributed by atoms with Crippen LogP contribution in [-0.2, 0) is 19.1 Å². The third-order valence-corrected chi connectivity index (χ3v) is 2.98. The van der Waals surface area contributed by atoms with Crippen LogP contribution in [0.3, 0.4) is 0 Å². The van der Waals surface area contributed by atoms with E-state index in [2.05, 4.69) is 5.32 Å². The molecule has 0 saturated heterocycles. The molecule has 0 radical (unpaired) electrons. The molecule has 118 valence electrons. The van der Waals surface area contributed by atoms with Gasteiger partial charge in [-0.1, -0.05) is 18.7 Å². The SMILES string of the molecule is CCCOC(=O)[C@@H](N)CCC(=O)NCCSC(C)=O.Cl. The minimum Gasteiger partial charge on any atom is -0.465 e. The van der Waals surface area contributed by atoms with Crippen LogP contribution in [0.25, 0.3) is 0 Å². The number of halogens is 1. The van der Waals surface area contributed by atoms with Gasteiger partial charge in [0.05, 0.1) is 6.61 Å². The maximum Gasteiger partial charge on any atom is 0.322 e. The quantitative estimate of drug-likeness (QED) is 0.482. The lowest BCUT2D eigenvalue weighted by atomic mass is 10.1. The zero-order chi connectivity index (χ0) is 14.7. The van der Waals surface area contributed by atoms with E-state index in [9.17, 15) is 14.4 Å². The summed E-state index contributed by atoms with van der Waals surface area (Å²) in [6, 6.07) is -0.760. The maximum atomic E-state index is 11.4. The van der Waals surface area contributed by atoms with E-state index in [1.54, 1.807) is 0 Å². The summed E-state index contributed by atoms with van der Waals surface area (Å²) in [6.45, 7) is 4.15. The first-order valence-electron chi connectivity index (χ1n) is 6.29. The Kier molecular flexibility index (Phi) is 14.2. The first-order valence-corrected chi connectivity index (χ1v) is 7.28. The molecule has 6 nitrogen and oxygen atoms in total. The van der Waals surface area contributed by atoms with E-state index in [0.717, 1.165) is 18.2 Å². The average Bonchev–Trinajstić information content (AvgIpc) is 2.37. The van der Waals surface area contributed by atoms with Crippen LogP contribution in [0.4, 0.5) is 0 Å². The van der Waals surface area contributed by atoms with Gasteiger partial charge in [0.15, 0.2) is 5.12 Å². The minimum atomic E-state index is -0.760. The average molecular weight is 327 g/mol. The van der Waals surface area contributed by atoms with Gasteiger partial charge in [-0.05, 0) is 12.8 Å². The fourth-order valence-electron chi connectivity index (χ4n) is 1.19. The summed E-state index contributed by atoms with van der Waals surface area (Å²) in [5.74, 6) is -0.101. The third-order valence-electron chi connectivity index (χ3n) is 2.16. The van der Waals surface area contributed by atoms with Crippen molar-refractivity contribution in [2.75, 3.05) is 18.9 Å². The molecule has 0 aromatic rings. The molecule has 0 heterocycles. The number of carbonyl (C=O) groups excluding carboxylic acids is 3. The van der Waals surface area contributed by atoms with Gasteiger partial charge in [-0.2, -0.15) is 0 Å². The number of amides is 1. The smallest absolute Gasteiger partial charge is 0.322 e. The molecule has 1 amide bonds. The van der Waals surface area contributed by atoms with Crippen molar-refractivity contribution in [2.45, 2.75) is 39.2 Å². The molecular formula is C12H23ClN2O4S. The predicted molar refractivity (Wildman–Crippen MR) is 81.9 cm³/mol. The number of hydrogen-bond acceptors (Lipinski definition) is 6. The molecule has 0 rings (SSSR count). The Morgan fingerprint density at radius 3 is 2.55 bits per heavy atom. The Morgan fingerprint density at radius 1 is 1.35 bits per heavy atom. The van der Waals surface area contributed by atoms with Gasteiger partial charge in [0.1, 0.15) is 6.04 Å². The monoisotopic (exact) mass is 326 g/mol. The number of carbonyl (C=O) groups is 3. The lowest BCUT2D eigenvalue weighted by Gasteiger charge is -2.10. The summed E-state index contributed by atoms with van der Waals surface area (Å²) in [5, 5.41) is 2.68. The summed E-state index contributed by atoms with van der Waals surface area (Å²) >= 11 is 1.16. The molecule has 1 atom stereocenters. The predicted octanol–water partition coefficient (Wildman–Crippen LogP) is 0.865. The molecule has 20 heavy (non-hydrogen) atoms. The second-order valence-electron chi connectivity index (χ2n) is 4.00. The molecule has 0 aromatic carbocycles. The van der Waals surface area contributed by atoms with E-state index in [-0.39, 0.29) is 36.3 Å². The molecule has 0 bridgehead atoms. The van der Waals surface area contributed by atoms with E-state index in [1.165, 1.54) is 6.92 Å². The van der Waals surface area contributed by atoms with Crippen LogP contribution < -0.4 is 11.1 Å². The van der Waals surface area contributed by atoms with Crippen LogP contribution in [0.5, 0.6) is 0 Å². The van der Waals surface area contributed by atoms with E-state index >= 15 is 0 Å². The zero-order valence-electron chi connectivity index (χ0n) is 11.8. The molecule has 3 N–H and O–H groups in total. The van der Waals surface area contributed by atoms with Gasteiger partial charge >= 0.3 is 5.97 Å². The maximum absolute atomic E-state index is 11.4. The van der Waals surface area contributed by atoms with Crippen LogP contribution in [0.1, 0.15) is 33.1 Å². The molecule has 0 aliphatic heterocycles. The number of thioether (sulfide) groups is 1. The molecule has 0 spiro atoms. The molecule has 0 aliphatic rings. The highest BCUT2D eigenvalue weighted by atomic mass is 35.5. The number of nitrogens with one attached hydrogen (secondary N) is 1. The van der Waals surface area contributed by atoms with Crippen LogP contribution in [0.2, 0.25) is 0 Å². The van der Waals surface area contributed by atoms with Crippen molar-refractivity contribution in [1.29, 1.82) is 0 Å². The van der Waals surface area contributed by atoms with Crippen LogP contribution in [0.15, 0.2) is 0 Å². The van der Waals surface area contributed by atoms with Crippen LogP contribution in [0, 0.1) is 0 Å². The summed E-state index contributed by atoms with van der Waals surface area (Å²) in [6.07, 6.45) is 1.17. The van der Waals surface area contributed by atoms with E-state index in [1.807, 2.05) is 6.92 Å². The van der Waals surface area contributed by atoms with Crippen molar-refractivity contribution in [3.63, 3.8) is 0 Å². The first kappa shape index (κ1) is 21.5. The Hall–Kier alpha value is -0.790. The second kappa shape index (κ2) is 13.2. The van der Waals surface area contributed by atoms with Crippen molar-refractivity contribution < 1.29 is 19.1 Å². The van der Waals surface area contributed by atoms with Crippen molar-refractivity contribution in [1.82, 2.24) is 5.32 Å². The van der Waals surface area contributed by atoms with Crippen molar-refractivity contribution >= 4 is 41.2 Å². The molecule has 0 aromatic heterocycles. The minimum absolute atomic E-state index is 0. The Morgan fingerprint density at radius 2 is 2.00 bits per heavy atom. The normalized spacial score (nSPS) is 11.2. The molecule has 0 saturated carbocycles. The lowest BCUT2D eigenvalue weighted by molar-refractivity contribution is -0.145. The van der Waals surface area contributed by atoms with Gasteiger partial charge in [-0.15, -0.1) is 12.4 Å². The topological polar surface area (TPSA) is 98.5 Å². The Labute approximate surface area is 130 Å². The van der Waals surface area contributed by atoms with Crippen LogP contribution >= 0.6 is 24.2 Å². The number of ether oxygens (including phenoxy) is 1. The van der Waals surface area contributed by atoms with Crippen molar-refractivity contribution in [3.8, 4) is 0 Å². The molecule has 0 aliphatic carbocycles.